The summed E-state index contributed by atoms with van der Waals surface area (Å²) in [6, 6.07) is 6.81. The van der Waals surface area contributed by atoms with Crippen LogP contribution in [0.4, 0.5) is 10.5 Å². The highest BCUT2D eigenvalue weighted by molar-refractivity contribution is 7.90. The summed E-state index contributed by atoms with van der Waals surface area (Å²) >= 11 is 5.94. The number of nitrogens with one attached hydrogen (secondary N) is 2. The summed E-state index contributed by atoms with van der Waals surface area (Å²) in [5.41, 5.74) is 0.931. The van der Waals surface area contributed by atoms with E-state index in [0.717, 1.165) is 25.7 Å². The number of fused-ring (bicyclic) bond motifs is 1. The van der Waals surface area contributed by atoms with Crippen molar-refractivity contribution in [3.8, 4) is 0 Å². The summed E-state index contributed by atoms with van der Waals surface area (Å²) in [5.74, 6) is -0.193. The van der Waals surface area contributed by atoms with E-state index in [4.69, 9.17) is 11.6 Å². The Kier molecular flexibility index (Phi) is 6.66. The maximum Gasteiger partial charge on any atom is 0.336 e. The van der Waals surface area contributed by atoms with Crippen LogP contribution in [0.1, 0.15) is 61.0 Å². The van der Waals surface area contributed by atoms with Crippen LogP contribution in [-0.4, -0.2) is 35.7 Å². The number of benzene rings is 1. The minimum Gasteiger partial charge on any atom is -0.349 e. The highest BCUT2D eigenvalue weighted by Crippen LogP contribution is 2.33. The Labute approximate surface area is 192 Å². The number of hydrogen-bond donors (Lipinski definition) is 2. The fourth-order valence-corrected chi connectivity index (χ4v) is 5.76. The number of anilines is 1. The molecule has 10 heteroatoms. The van der Waals surface area contributed by atoms with Crippen LogP contribution >= 0.6 is 11.6 Å². The minimum absolute atomic E-state index is 0.0696. The van der Waals surface area contributed by atoms with E-state index in [1.807, 2.05) is 0 Å². The molecule has 0 unspecified atom stereocenters. The largest absolute Gasteiger partial charge is 0.349 e. The molecule has 1 aliphatic heterocycles. The lowest BCUT2D eigenvalue weighted by molar-refractivity contribution is 0.0930. The summed E-state index contributed by atoms with van der Waals surface area (Å²) in [6.07, 6.45) is 9.25. The molecule has 4 rings (SSSR count). The maximum absolute atomic E-state index is 12.9. The molecule has 32 heavy (non-hydrogen) atoms. The Morgan fingerprint density at radius 3 is 2.53 bits per heavy atom. The molecule has 1 saturated carbocycles. The van der Waals surface area contributed by atoms with Crippen LogP contribution in [0, 0.1) is 0 Å². The Balaban J connectivity index is 1.45. The van der Waals surface area contributed by atoms with Gasteiger partial charge in [0, 0.05) is 17.3 Å². The van der Waals surface area contributed by atoms with Crippen molar-refractivity contribution in [1.29, 1.82) is 0 Å². The molecule has 1 aromatic heterocycles. The fraction of sp³-hybridized carbons (Fsp3) is 0.409. The number of rotatable bonds is 4. The summed E-state index contributed by atoms with van der Waals surface area (Å²) in [6.45, 7) is -0.259. The zero-order valence-electron chi connectivity index (χ0n) is 17.5. The summed E-state index contributed by atoms with van der Waals surface area (Å²) in [5, 5.41) is 5.88. The number of carbonyl (C=O) groups excluding carboxylic acids is 2. The van der Waals surface area contributed by atoms with Gasteiger partial charge in [0.2, 0.25) is 0 Å². The normalized spacial score (nSPS) is 18.8. The van der Waals surface area contributed by atoms with Gasteiger partial charge in [-0.05, 0) is 43.2 Å². The number of nitrogens with zero attached hydrogens (tertiary/aromatic N) is 2. The van der Waals surface area contributed by atoms with Gasteiger partial charge in [0.15, 0.2) is 0 Å². The fourth-order valence-electron chi connectivity index (χ4n) is 4.04. The molecule has 170 valence electrons. The number of halogens is 1. The van der Waals surface area contributed by atoms with E-state index in [0.29, 0.717) is 15.6 Å². The van der Waals surface area contributed by atoms with Gasteiger partial charge in [-0.1, -0.05) is 43.7 Å². The van der Waals surface area contributed by atoms with E-state index in [1.54, 1.807) is 12.1 Å². The van der Waals surface area contributed by atoms with Crippen molar-refractivity contribution in [3.05, 3.63) is 52.8 Å². The second kappa shape index (κ2) is 9.46. The van der Waals surface area contributed by atoms with E-state index >= 15 is 0 Å². The van der Waals surface area contributed by atoms with Crippen LogP contribution < -0.4 is 10.6 Å². The first-order chi connectivity index (χ1) is 15.3. The van der Waals surface area contributed by atoms with Crippen LogP contribution in [0.5, 0.6) is 0 Å². The SMILES string of the molecule is O=C(NC1CCCCCCC1)c1ccc(CN2C(=O)Nc3ccc(Cl)cc3S2(=O)=O)nc1. The quantitative estimate of drug-likeness (QED) is 0.683. The minimum atomic E-state index is -4.09. The average molecular weight is 477 g/mol. The van der Waals surface area contributed by atoms with Gasteiger partial charge >= 0.3 is 6.03 Å². The number of pyridine rings is 1. The lowest BCUT2D eigenvalue weighted by Crippen LogP contribution is -2.43. The Morgan fingerprint density at radius 1 is 1.12 bits per heavy atom. The van der Waals surface area contributed by atoms with Crippen LogP contribution in [-0.2, 0) is 16.6 Å². The molecular formula is C22H25ClN4O4S. The van der Waals surface area contributed by atoms with E-state index < -0.39 is 16.1 Å². The number of aromatic nitrogens is 1. The molecule has 1 aliphatic carbocycles. The second-order valence-corrected chi connectivity index (χ2v) is 10.4. The second-order valence-electron chi connectivity index (χ2n) is 8.14. The molecule has 2 aromatic rings. The van der Waals surface area contributed by atoms with E-state index in [1.165, 1.54) is 43.7 Å². The highest BCUT2D eigenvalue weighted by atomic mass is 35.5. The standard InChI is InChI=1S/C22H25ClN4O4S/c23-16-9-11-19-20(12-16)32(30,31)27(22(29)26-19)14-18-10-8-15(13-24-18)21(28)25-17-6-4-2-1-3-5-7-17/h8-13,17H,1-7,14H2,(H,25,28)(H,26,29). The van der Waals surface area contributed by atoms with Crippen molar-refractivity contribution in [1.82, 2.24) is 14.6 Å². The zero-order valence-corrected chi connectivity index (χ0v) is 19.1. The van der Waals surface area contributed by atoms with E-state index in [-0.39, 0.29) is 34.1 Å². The van der Waals surface area contributed by atoms with Gasteiger partial charge in [0.25, 0.3) is 15.9 Å². The Bertz CT molecular complexity index is 1110. The predicted octanol–water partition coefficient (Wildman–Crippen LogP) is 4.31. The first kappa shape index (κ1) is 22.5. The van der Waals surface area contributed by atoms with Crippen molar-refractivity contribution in [2.75, 3.05) is 5.32 Å². The smallest absolute Gasteiger partial charge is 0.336 e. The van der Waals surface area contributed by atoms with Crippen LogP contribution in [0.3, 0.4) is 0 Å². The molecule has 3 amide bonds. The number of urea groups is 1. The van der Waals surface area contributed by atoms with Crippen LogP contribution in [0.25, 0.3) is 0 Å². The molecule has 0 atom stereocenters. The van der Waals surface area contributed by atoms with Gasteiger partial charge in [0.1, 0.15) is 4.90 Å². The van der Waals surface area contributed by atoms with Gasteiger partial charge in [-0.2, -0.15) is 0 Å². The van der Waals surface area contributed by atoms with Gasteiger partial charge in [-0.3, -0.25) is 9.78 Å². The van der Waals surface area contributed by atoms with Crippen molar-refractivity contribution in [2.45, 2.75) is 62.4 Å². The first-order valence-electron chi connectivity index (χ1n) is 10.7. The summed E-state index contributed by atoms with van der Waals surface area (Å²) in [7, 11) is -4.09. The van der Waals surface area contributed by atoms with Crippen molar-refractivity contribution >= 4 is 39.2 Å². The topological polar surface area (TPSA) is 108 Å². The Morgan fingerprint density at radius 2 is 1.84 bits per heavy atom. The monoisotopic (exact) mass is 476 g/mol. The van der Waals surface area contributed by atoms with Gasteiger partial charge < -0.3 is 10.6 Å². The summed E-state index contributed by atoms with van der Waals surface area (Å²) in [4.78, 5) is 29.2. The summed E-state index contributed by atoms with van der Waals surface area (Å²) < 4.78 is 26.6. The van der Waals surface area contributed by atoms with Gasteiger partial charge in [0.05, 0.1) is 23.5 Å². The van der Waals surface area contributed by atoms with Crippen molar-refractivity contribution in [3.63, 3.8) is 0 Å². The van der Waals surface area contributed by atoms with E-state index in [2.05, 4.69) is 15.6 Å². The lowest BCUT2D eigenvalue weighted by atomic mass is 9.96. The molecule has 8 nitrogen and oxygen atoms in total. The Hall–Kier alpha value is -2.65. The van der Waals surface area contributed by atoms with Crippen molar-refractivity contribution < 1.29 is 18.0 Å². The molecule has 0 saturated heterocycles. The molecule has 2 heterocycles. The molecule has 1 fully saturated rings. The third-order valence-corrected chi connectivity index (χ3v) is 7.82. The van der Waals surface area contributed by atoms with Crippen LogP contribution in [0.2, 0.25) is 5.02 Å². The lowest BCUT2D eigenvalue weighted by Gasteiger charge is -2.28. The molecule has 0 radical (unpaired) electrons. The zero-order chi connectivity index (χ0) is 22.7. The van der Waals surface area contributed by atoms with Gasteiger partial charge in [-0.25, -0.2) is 17.5 Å². The number of sulfonamides is 1. The average Bonchev–Trinajstić information content (AvgIpc) is 2.74. The molecule has 2 aliphatic rings. The number of amides is 3. The van der Waals surface area contributed by atoms with Gasteiger partial charge in [-0.15, -0.1) is 0 Å². The number of carbonyl (C=O) groups is 2. The number of hydrogen-bond acceptors (Lipinski definition) is 5. The molecule has 1 aromatic carbocycles. The maximum atomic E-state index is 12.9. The third-order valence-electron chi connectivity index (χ3n) is 5.81. The molecule has 0 bridgehead atoms. The first-order valence-corrected chi connectivity index (χ1v) is 12.6. The third kappa shape index (κ3) is 4.88. The predicted molar refractivity (Wildman–Crippen MR) is 121 cm³/mol. The molecular weight excluding hydrogens is 452 g/mol. The molecule has 2 N–H and O–H groups in total. The van der Waals surface area contributed by atoms with Crippen LogP contribution in [0.15, 0.2) is 41.4 Å². The highest BCUT2D eigenvalue weighted by Gasteiger charge is 2.37. The van der Waals surface area contributed by atoms with E-state index in [9.17, 15) is 18.0 Å². The molecule has 0 spiro atoms. The van der Waals surface area contributed by atoms with Crippen molar-refractivity contribution in [2.24, 2.45) is 0 Å².